The Hall–Kier alpha value is -0.0100. The smallest absolute Gasteiger partial charge is 0.296 e. The standard InChI is InChI=1S/CH5FNO5PS/c1-8-9(2,4)3-10(5,6)7/h1H3,(H,3,4)(H,5,6,7). The summed E-state index contributed by atoms with van der Waals surface area (Å²) in [7, 11) is -9.00. The topological polar surface area (TPSA) is 92.7 Å². The van der Waals surface area contributed by atoms with E-state index in [0.29, 0.717) is 7.11 Å². The van der Waals surface area contributed by atoms with Crippen LogP contribution in [-0.4, -0.2) is 20.1 Å². The SMILES string of the molecule is COP(=O)(F)NS(=O)(=O)O. The van der Waals surface area contributed by atoms with Crippen molar-refractivity contribution >= 4 is 18.1 Å². The maximum atomic E-state index is 12.0. The minimum atomic E-state index is -4.88. The molecule has 1 unspecified atom stereocenters. The molecule has 0 amide bonds. The third-order valence-corrected chi connectivity index (χ3v) is 2.72. The van der Waals surface area contributed by atoms with Gasteiger partial charge in [-0.3, -0.25) is 9.08 Å². The highest BCUT2D eigenvalue weighted by Gasteiger charge is 2.26. The summed E-state index contributed by atoms with van der Waals surface area (Å²) in [6.45, 7) is 0. The average molecular weight is 193 g/mol. The van der Waals surface area contributed by atoms with Crippen LogP contribution in [0.15, 0.2) is 0 Å². The van der Waals surface area contributed by atoms with Gasteiger partial charge in [0.25, 0.3) is 0 Å². The second-order valence-corrected chi connectivity index (χ2v) is 4.23. The van der Waals surface area contributed by atoms with Crippen LogP contribution in [-0.2, 0) is 19.4 Å². The Morgan fingerprint density at radius 1 is 1.70 bits per heavy atom. The second-order valence-electron chi connectivity index (χ2n) is 1.23. The molecule has 0 rings (SSSR count). The number of halogens is 1. The van der Waals surface area contributed by atoms with Crippen molar-refractivity contribution in [1.82, 2.24) is 4.49 Å². The lowest BCUT2D eigenvalue weighted by Crippen LogP contribution is -2.18. The van der Waals surface area contributed by atoms with E-state index in [-0.39, 0.29) is 0 Å². The maximum Gasteiger partial charge on any atom is 0.457 e. The zero-order chi connectivity index (χ0) is 8.41. The number of nitrogens with one attached hydrogen (secondary N) is 1. The number of rotatable bonds is 3. The molecule has 62 valence electrons. The van der Waals surface area contributed by atoms with Crippen molar-refractivity contribution in [3.05, 3.63) is 0 Å². The molecule has 0 aliphatic heterocycles. The van der Waals surface area contributed by atoms with Crippen molar-refractivity contribution in [2.75, 3.05) is 7.11 Å². The van der Waals surface area contributed by atoms with Crippen molar-refractivity contribution in [1.29, 1.82) is 0 Å². The van der Waals surface area contributed by atoms with Gasteiger partial charge >= 0.3 is 18.1 Å². The Bertz CT molecular complexity index is 246. The first kappa shape index (κ1) is 9.99. The zero-order valence-electron chi connectivity index (χ0n) is 4.81. The predicted octanol–water partition coefficient (Wildman–Crippen LogP) is 0.103. The molecule has 0 heterocycles. The van der Waals surface area contributed by atoms with Crippen LogP contribution in [0, 0.1) is 0 Å². The average Bonchev–Trinajstić information content (AvgIpc) is 1.60. The molecule has 0 fully saturated rings. The third-order valence-electron chi connectivity index (χ3n) is 0.459. The van der Waals surface area contributed by atoms with Crippen molar-refractivity contribution < 1.29 is 26.3 Å². The fourth-order valence-electron chi connectivity index (χ4n) is 0.175. The van der Waals surface area contributed by atoms with Gasteiger partial charge in [0.1, 0.15) is 0 Å². The largest absolute Gasteiger partial charge is 0.457 e. The van der Waals surface area contributed by atoms with Gasteiger partial charge in [0.2, 0.25) is 0 Å². The lowest BCUT2D eigenvalue weighted by atomic mass is 11.8. The van der Waals surface area contributed by atoms with Crippen molar-refractivity contribution in [2.45, 2.75) is 0 Å². The Kier molecular flexibility index (Phi) is 2.93. The molecule has 2 N–H and O–H groups in total. The minimum absolute atomic E-state index is 0.693. The fourth-order valence-corrected chi connectivity index (χ4v) is 1.58. The summed E-state index contributed by atoms with van der Waals surface area (Å²) in [5, 5.41) is 0. The van der Waals surface area contributed by atoms with E-state index >= 15 is 0 Å². The third kappa shape index (κ3) is 4.83. The summed E-state index contributed by atoms with van der Waals surface area (Å²) >= 11 is 0. The quantitative estimate of drug-likeness (QED) is 0.489. The zero-order valence-corrected chi connectivity index (χ0v) is 6.52. The van der Waals surface area contributed by atoms with Gasteiger partial charge < -0.3 is 0 Å². The van der Waals surface area contributed by atoms with E-state index in [0.717, 1.165) is 4.49 Å². The van der Waals surface area contributed by atoms with Crippen LogP contribution in [0.2, 0.25) is 0 Å². The van der Waals surface area contributed by atoms with E-state index in [9.17, 15) is 17.2 Å². The summed E-state index contributed by atoms with van der Waals surface area (Å²) in [4.78, 5) is 0. The normalized spacial score (nSPS) is 18.3. The van der Waals surface area contributed by atoms with Crippen LogP contribution in [0.25, 0.3) is 0 Å². The van der Waals surface area contributed by atoms with Crippen LogP contribution < -0.4 is 4.49 Å². The molecule has 1 atom stereocenters. The number of hydrogen-bond acceptors (Lipinski definition) is 4. The molecule has 10 heavy (non-hydrogen) atoms. The van der Waals surface area contributed by atoms with E-state index < -0.39 is 18.1 Å². The molecule has 6 nitrogen and oxygen atoms in total. The van der Waals surface area contributed by atoms with E-state index in [1.54, 1.807) is 0 Å². The molecule has 0 saturated carbocycles. The maximum absolute atomic E-state index is 12.0. The summed E-state index contributed by atoms with van der Waals surface area (Å²) in [5.74, 6) is 0. The van der Waals surface area contributed by atoms with Crippen molar-refractivity contribution in [3.63, 3.8) is 0 Å². The molecule has 0 spiro atoms. The second kappa shape index (κ2) is 2.93. The van der Waals surface area contributed by atoms with Crippen LogP contribution in [0.3, 0.4) is 0 Å². The molecule has 0 aliphatic rings. The molecule has 9 heteroatoms. The van der Waals surface area contributed by atoms with E-state index in [2.05, 4.69) is 4.52 Å². The van der Waals surface area contributed by atoms with Gasteiger partial charge in [0.15, 0.2) is 0 Å². The fraction of sp³-hybridized carbons (Fsp3) is 1.00. The lowest BCUT2D eigenvalue weighted by molar-refractivity contribution is 0.349. The Morgan fingerprint density at radius 2 is 2.10 bits per heavy atom. The highest BCUT2D eigenvalue weighted by Crippen LogP contribution is 2.43. The molecule has 0 saturated heterocycles. The first-order valence-corrected chi connectivity index (χ1v) is 4.84. The molecule has 0 aromatic rings. The highest BCUT2D eigenvalue weighted by atomic mass is 32.2. The summed E-state index contributed by atoms with van der Waals surface area (Å²) in [5.41, 5.74) is 0. The molecule has 0 bridgehead atoms. The van der Waals surface area contributed by atoms with Gasteiger partial charge in [-0.25, -0.2) is 4.57 Å². The van der Waals surface area contributed by atoms with Crippen LogP contribution in [0.1, 0.15) is 0 Å². The van der Waals surface area contributed by atoms with Gasteiger partial charge in [0, 0.05) is 7.11 Å². The minimum Gasteiger partial charge on any atom is -0.296 e. The molecular formula is CH5FNO5PS. The van der Waals surface area contributed by atoms with Gasteiger partial charge in [-0.15, -0.1) is 4.20 Å². The van der Waals surface area contributed by atoms with Crippen molar-refractivity contribution in [2.24, 2.45) is 0 Å². The van der Waals surface area contributed by atoms with Crippen LogP contribution in [0.4, 0.5) is 4.20 Å². The van der Waals surface area contributed by atoms with Gasteiger partial charge in [-0.2, -0.15) is 8.42 Å². The van der Waals surface area contributed by atoms with E-state index in [1.807, 2.05) is 0 Å². The molecule has 0 aromatic heterocycles. The summed E-state index contributed by atoms with van der Waals surface area (Å²) < 4.78 is 53.7. The first-order chi connectivity index (χ1) is 4.27. The lowest BCUT2D eigenvalue weighted by Gasteiger charge is -2.03. The Morgan fingerprint density at radius 3 is 2.20 bits per heavy atom. The van der Waals surface area contributed by atoms with E-state index in [4.69, 9.17) is 4.55 Å². The first-order valence-electron chi connectivity index (χ1n) is 1.89. The summed E-state index contributed by atoms with van der Waals surface area (Å²) in [6, 6.07) is 0. The van der Waals surface area contributed by atoms with E-state index in [1.165, 1.54) is 0 Å². The van der Waals surface area contributed by atoms with Crippen LogP contribution >= 0.6 is 7.83 Å². The monoisotopic (exact) mass is 193 g/mol. The molecule has 0 aromatic carbocycles. The number of hydrogen-bond donors (Lipinski definition) is 2. The van der Waals surface area contributed by atoms with Crippen molar-refractivity contribution in [3.8, 4) is 0 Å². The highest BCUT2D eigenvalue weighted by molar-refractivity contribution is 7.89. The summed E-state index contributed by atoms with van der Waals surface area (Å²) in [6.07, 6.45) is 0. The predicted molar refractivity (Wildman–Crippen MR) is 30.4 cm³/mol. The molecule has 0 radical (unpaired) electrons. The Balaban J connectivity index is 4.32. The van der Waals surface area contributed by atoms with Gasteiger partial charge in [0.05, 0.1) is 0 Å². The molecular weight excluding hydrogens is 188 g/mol. The van der Waals surface area contributed by atoms with Gasteiger partial charge in [-0.05, 0) is 0 Å². The van der Waals surface area contributed by atoms with Gasteiger partial charge in [-0.1, -0.05) is 4.49 Å². The Labute approximate surface area is 56.9 Å². The van der Waals surface area contributed by atoms with Crippen LogP contribution in [0.5, 0.6) is 0 Å². The molecule has 0 aliphatic carbocycles.